The van der Waals surface area contributed by atoms with Crippen molar-refractivity contribution in [3.8, 4) is 11.3 Å². The van der Waals surface area contributed by atoms with Gasteiger partial charge in [0.05, 0.1) is 12.2 Å². The van der Waals surface area contributed by atoms with E-state index in [0.29, 0.717) is 11.3 Å². The van der Waals surface area contributed by atoms with Gasteiger partial charge in [-0.3, -0.25) is 4.79 Å². The van der Waals surface area contributed by atoms with Crippen LogP contribution in [0, 0.1) is 6.92 Å². The SMILES string of the molecule is CCOC(=O)c1c(C)[nH]c(=O)c2c(=O)oc(-c3ccc(N(C)C)cc3)cc12. The van der Waals surface area contributed by atoms with Crippen molar-refractivity contribution in [3.63, 3.8) is 0 Å². The Bertz CT molecular complexity index is 1120. The maximum Gasteiger partial charge on any atom is 0.349 e. The number of fused-ring (bicyclic) bond motifs is 1. The van der Waals surface area contributed by atoms with Crippen molar-refractivity contribution in [3.05, 3.63) is 62.4 Å². The van der Waals surface area contributed by atoms with Crippen molar-refractivity contribution < 1.29 is 13.9 Å². The van der Waals surface area contributed by atoms with Crippen LogP contribution in [0.3, 0.4) is 0 Å². The Morgan fingerprint density at radius 1 is 1.19 bits per heavy atom. The summed E-state index contributed by atoms with van der Waals surface area (Å²) in [5.74, 6) is -0.330. The van der Waals surface area contributed by atoms with E-state index in [0.717, 1.165) is 5.69 Å². The van der Waals surface area contributed by atoms with Gasteiger partial charge in [0.25, 0.3) is 5.56 Å². The van der Waals surface area contributed by atoms with Gasteiger partial charge in [-0.15, -0.1) is 0 Å². The molecule has 0 aliphatic carbocycles. The molecule has 3 rings (SSSR count). The smallest absolute Gasteiger partial charge is 0.349 e. The van der Waals surface area contributed by atoms with E-state index in [2.05, 4.69) is 4.98 Å². The van der Waals surface area contributed by atoms with Crippen LogP contribution in [-0.2, 0) is 4.74 Å². The number of rotatable bonds is 4. The minimum atomic E-state index is -0.800. The second kappa shape index (κ2) is 7.11. The molecule has 0 aliphatic rings. The number of carbonyl (C=O) groups is 1. The van der Waals surface area contributed by atoms with Crippen molar-refractivity contribution >= 4 is 22.4 Å². The van der Waals surface area contributed by atoms with Gasteiger partial charge in [0.2, 0.25) is 0 Å². The maximum absolute atomic E-state index is 12.5. The van der Waals surface area contributed by atoms with Crippen molar-refractivity contribution in [2.24, 2.45) is 0 Å². The molecule has 0 amide bonds. The average Bonchev–Trinajstić information content (AvgIpc) is 2.61. The second-order valence-electron chi connectivity index (χ2n) is 6.30. The zero-order valence-corrected chi connectivity index (χ0v) is 15.6. The van der Waals surface area contributed by atoms with Crippen LogP contribution >= 0.6 is 0 Å². The average molecular weight is 368 g/mol. The van der Waals surface area contributed by atoms with Gasteiger partial charge < -0.3 is 19.0 Å². The first-order chi connectivity index (χ1) is 12.8. The molecule has 0 saturated carbocycles. The van der Waals surface area contributed by atoms with Crippen LogP contribution < -0.4 is 16.1 Å². The summed E-state index contributed by atoms with van der Waals surface area (Å²) >= 11 is 0. The van der Waals surface area contributed by atoms with E-state index >= 15 is 0 Å². The normalized spacial score (nSPS) is 10.8. The highest BCUT2D eigenvalue weighted by atomic mass is 16.5. The molecule has 140 valence electrons. The fourth-order valence-corrected chi connectivity index (χ4v) is 2.94. The van der Waals surface area contributed by atoms with Crippen LogP contribution in [0.15, 0.2) is 44.3 Å². The molecule has 2 aromatic heterocycles. The second-order valence-corrected chi connectivity index (χ2v) is 6.30. The van der Waals surface area contributed by atoms with E-state index < -0.39 is 17.2 Å². The summed E-state index contributed by atoms with van der Waals surface area (Å²) < 4.78 is 10.4. The van der Waals surface area contributed by atoms with Crippen LogP contribution in [0.5, 0.6) is 0 Å². The molecule has 27 heavy (non-hydrogen) atoms. The number of nitrogens with zero attached hydrogens (tertiary/aromatic N) is 1. The lowest BCUT2D eigenvalue weighted by atomic mass is 10.0. The lowest BCUT2D eigenvalue weighted by Gasteiger charge is -2.13. The molecule has 0 atom stereocenters. The minimum Gasteiger partial charge on any atom is -0.462 e. The van der Waals surface area contributed by atoms with Gasteiger partial charge in [0.15, 0.2) is 0 Å². The lowest BCUT2D eigenvalue weighted by molar-refractivity contribution is 0.0527. The standard InChI is InChI=1S/C20H20N2O5/c1-5-26-19(24)16-11(2)21-18(23)17-14(16)10-15(27-20(17)25)12-6-8-13(9-7-12)22(3)4/h6-10H,5H2,1-4H3,(H,21,23). The Kier molecular flexibility index (Phi) is 4.85. The molecular weight excluding hydrogens is 348 g/mol. The molecule has 0 bridgehead atoms. The largest absolute Gasteiger partial charge is 0.462 e. The molecule has 7 nitrogen and oxygen atoms in total. The van der Waals surface area contributed by atoms with Crippen molar-refractivity contribution in [2.45, 2.75) is 13.8 Å². The van der Waals surface area contributed by atoms with Gasteiger partial charge in [-0.05, 0) is 44.2 Å². The number of aromatic nitrogens is 1. The molecular formula is C20H20N2O5. The van der Waals surface area contributed by atoms with Crippen LogP contribution in [-0.4, -0.2) is 31.7 Å². The Labute approximate surface area is 155 Å². The maximum atomic E-state index is 12.5. The fraction of sp³-hybridized carbons (Fsp3) is 0.250. The Morgan fingerprint density at radius 2 is 1.85 bits per heavy atom. The number of hydrogen-bond acceptors (Lipinski definition) is 6. The number of anilines is 1. The number of benzene rings is 1. The minimum absolute atomic E-state index is 0.158. The molecule has 1 N–H and O–H groups in total. The summed E-state index contributed by atoms with van der Waals surface area (Å²) in [4.78, 5) is 41.6. The number of pyridine rings is 1. The van der Waals surface area contributed by atoms with E-state index in [4.69, 9.17) is 9.15 Å². The number of aryl methyl sites for hydroxylation is 1. The first kappa shape index (κ1) is 18.4. The van der Waals surface area contributed by atoms with Gasteiger partial charge in [-0.25, -0.2) is 9.59 Å². The number of esters is 1. The topological polar surface area (TPSA) is 92.6 Å². The predicted molar refractivity (Wildman–Crippen MR) is 104 cm³/mol. The highest BCUT2D eigenvalue weighted by Crippen LogP contribution is 2.26. The van der Waals surface area contributed by atoms with Gasteiger partial charge >= 0.3 is 11.6 Å². The molecule has 1 aromatic carbocycles. The number of carbonyl (C=O) groups excluding carboxylic acids is 1. The van der Waals surface area contributed by atoms with E-state index in [-0.39, 0.29) is 28.7 Å². The van der Waals surface area contributed by atoms with Gasteiger partial charge in [-0.1, -0.05) is 0 Å². The summed E-state index contributed by atoms with van der Waals surface area (Å²) in [7, 11) is 3.84. The van der Waals surface area contributed by atoms with Gasteiger partial charge in [0.1, 0.15) is 11.1 Å². The van der Waals surface area contributed by atoms with Crippen molar-refractivity contribution in [2.75, 3.05) is 25.6 Å². The first-order valence-electron chi connectivity index (χ1n) is 8.49. The Hall–Kier alpha value is -3.35. The summed E-state index contributed by atoms with van der Waals surface area (Å²) in [6.07, 6.45) is 0. The van der Waals surface area contributed by atoms with E-state index in [1.165, 1.54) is 6.07 Å². The van der Waals surface area contributed by atoms with Gasteiger partial charge in [0, 0.05) is 36.4 Å². The molecule has 3 aromatic rings. The van der Waals surface area contributed by atoms with Crippen molar-refractivity contribution in [1.82, 2.24) is 4.98 Å². The highest BCUT2D eigenvalue weighted by Gasteiger charge is 2.21. The molecule has 0 unspecified atom stereocenters. The monoisotopic (exact) mass is 368 g/mol. The Balaban J connectivity index is 2.28. The predicted octanol–water partition coefficient (Wildman–Crippen LogP) is 2.70. The summed E-state index contributed by atoms with van der Waals surface area (Å²) in [6.45, 7) is 3.46. The summed E-state index contributed by atoms with van der Waals surface area (Å²) in [5.41, 5.74) is 0.745. The molecule has 0 fully saturated rings. The van der Waals surface area contributed by atoms with Crippen LogP contribution in [0.4, 0.5) is 5.69 Å². The van der Waals surface area contributed by atoms with Crippen molar-refractivity contribution in [1.29, 1.82) is 0 Å². The van der Waals surface area contributed by atoms with Crippen LogP contribution in [0.2, 0.25) is 0 Å². The lowest BCUT2D eigenvalue weighted by Crippen LogP contribution is -2.21. The molecule has 2 heterocycles. The molecule has 0 radical (unpaired) electrons. The third-order valence-electron chi connectivity index (χ3n) is 4.27. The Morgan fingerprint density at radius 3 is 2.44 bits per heavy atom. The zero-order valence-electron chi connectivity index (χ0n) is 15.6. The van der Waals surface area contributed by atoms with Gasteiger partial charge in [-0.2, -0.15) is 0 Å². The number of hydrogen-bond donors (Lipinski definition) is 1. The highest BCUT2D eigenvalue weighted by molar-refractivity contribution is 6.05. The molecule has 0 spiro atoms. The quantitative estimate of drug-likeness (QED) is 0.712. The summed E-state index contributed by atoms with van der Waals surface area (Å²) in [6, 6.07) is 8.92. The molecule has 0 aliphatic heterocycles. The molecule has 0 saturated heterocycles. The third-order valence-corrected chi connectivity index (χ3v) is 4.27. The first-order valence-corrected chi connectivity index (χ1v) is 8.49. The number of H-pyrrole nitrogens is 1. The number of aromatic amines is 1. The van der Waals surface area contributed by atoms with E-state index in [1.54, 1.807) is 13.8 Å². The fourth-order valence-electron chi connectivity index (χ4n) is 2.94. The van der Waals surface area contributed by atoms with Crippen LogP contribution in [0.25, 0.3) is 22.1 Å². The van der Waals surface area contributed by atoms with E-state index in [9.17, 15) is 14.4 Å². The van der Waals surface area contributed by atoms with Crippen LogP contribution in [0.1, 0.15) is 23.0 Å². The summed E-state index contributed by atoms with van der Waals surface area (Å²) in [5, 5.41) is 0.0231. The zero-order chi connectivity index (χ0) is 19.7. The molecule has 7 heteroatoms. The third kappa shape index (κ3) is 3.36. The number of nitrogens with one attached hydrogen (secondary N) is 1. The van der Waals surface area contributed by atoms with E-state index in [1.807, 2.05) is 43.3 Å². The number of ether oxygens (including phenoxy) is 1.